The molecule has 4 nitrogen and oxygen atoms in total. The Labute approximate surface area is 168 Å². The lowest BCUT2D eigenvalue weighted by Crippen LogP contribution is -2.35. The van der Waals surface area contributed by atoms with Crippen LogP contribution in [0, 0.1) is 0 Å². The summed E-state index contributed by atoms with van der Waals surface area (Å²) >= 11 is 11.0. The van der Waals surface area contributed by atoms with Crippen molar-refractivity contribution in [3.05, 3.63) is 89.4 Å². The molecule has 136 valence electrons. The number of hydrogen-bond donors (Lipinski definition) is 2. The molecule has 0 bridgehead atoms. The Morgan fingerprint density at radius 2 is 1.52 bits per heavy atom. The molecule has 0 aromatic heterocycles. The van der Waals surface area contributed by atoms with E-state index in [0.717, 1.165) is 17.0 Å². The number of ether oxygens (including phenoxy) is 1. The lowest BCUT2D eigenvalue weighted by molar-refractivity contribution is -0.119. The second-order valence-electron chi connectivity index (χ2n) is 5.75. The van der Waals surface area contributed by atoms with E-state index in [4.69, 9.17) is 28.6 Å². The second-order valence-corrected chi connectivity index (χ2v) is 6.59. The second kappa shape index (κ2) is 9.16. The lowest BCUT2D eigenvalue weighted by atomic mass is 10.1. The molecule has 0 radical (unpaired) electrons. The Morgan fingerprint density at radius 1 is 0.889 bits per heavy atom. The van der Waals surface area contributed by atoms with Crippen molar-refractivity contribution in [2.75, 3.05) is 5.32 Å². The third-order valence-corrected chi connectivity index (χ3v) is 4.08. The first-order valence-corrected chi connectivity index (χ1v) is 9.05. The number of carbonyl (C=O) groups excluding carboxylic acids is 1. The highest BCUT2D eigenvalue weighted by atomic mass is 35.5. The van der Waals surface area contributed by atoms with Crippen molar-refractivity contribution >= 4 is 40.5 Å². The zero-order valence-electron chi connectivity index (χ0n) is 14.3. The van der Waals surface area contributed by atoms with E-state index >= 15 is 0 Å². The maximum atomic E-state index is 12.1. The first kappa shape index (κ1) is 18.9. The molecule has 6 heteroatoms. The maximum absolute atomic E-state index is 12.1. The molecule has 0 aliphatic heterocycles. The molecule has 0 spiro atoms. The summed E-state index contributed by atoms with van der Waals surface area (Å²) in [7, 11) is 0. The van der Waals surface area contributed by atoms with Gasteiger partial charge in [-0.15, -0.1) is 0 Å². The summed E-state index contributed by atoms with van der Waals surface area (Å²) in [4.78, 5) is 12.1. The van der Waals surface area contributed by atoms with Crippen molar-refractivity contribution in [2.24, 2.45) is 0 Å². The minimum atomic E-state index is -0.196. The number of anilines is 1. The number of nitrogens with one attached hydrogen (secondary N) is 2. The molecule has 0 unspecified atom stereocenters. The summed E-state index contributed by atoms with van der Waals surface area (Å²) in [5.41, 5.74) is 1.62. The molecule has 0 saturated carbocycles. The number of benzene rings is 3. The van der Waals surface area contributed by atoms with Gasteiger partial charge in [0.1, 0.15) is 11.5 Å². The van der Waals surface area contributed by atoms with Crippen LogP contribution in [0.2, 0.25) is 5.02 Å². The minimum Gasteiger partial charge on any atom is -0.457 e. The van der Waals surface area contributed by atoms with Gasteiger partial charge in [-0.05, 0) is 66.3 Å². The summed E-state index contributed by atoms with van der Waals surface area (Å²) in [5.74, 6) is 1.28. The molecule has 3 aromatic carbocycles. The van der Waals surface area contributed by atoms with Crippen LogP contribution in [0.1, 0.15) is 5.56 Å². The number of carbonyl (C=O) groups is 1. The normalized spacial score (nSPS) is 10.1. The Kier molecular flexibility index (Phi) is 6.41. The largest absolute Gasteiger partial charge is 0.457 e. The Balaban J connectivity index is 1.50. The van der Waals surface area contributed by atoms with Crippen LogP contribution in [0.4, 0.5) is 5.69 Å². The van der Waals surface area contributed by atoms with Crippen molar-refractivity contribution in [3.63, 3.8) is 0 Å². The molecule has 0 aliphatic rings. The predicted molar refractivity (Wildman–Crippen MR) is 112 cm³/mol. The summed E-state index contributed by atoms with van der Waals surface area (Å²) in [5, 5.41) is 6.52. The molecule has 0 saturated heterocycles. The van der Waals surface area contributed by atoms with Crippen LogP contribution < -0.4 is 15.4 Å². The fraction of sp³-hybridized carbons (Fsp3) is 0.0476. The number of rotatable bonds is 5. The summed E-state index contributed by atoms with van der Waals surface area (Å²) in [6.45, 7) is 0. The average Bonchev–Trinajstić information content (AvgIpc) is 2.66. The number of halogens is 1. The molecular formula is C21H17ClN2O2S. The third kappa shape index (κ3) is 6.09. The molecule has 27 heavy (non-hydrogen) atoms. The van der Waals surface area contributed by atoms with Crippen molar-refractivity contribution in [1.82, 2.24) is 5.32 Å². The van der Waals surface area contributed by atoms with Gasteiger partial charge >= 0.3 is 0 Å². The van der Waals surface area contributed by atoms with E-state index < -0.39 is 0 Å². The van der Waals surface area contributed by atoms with Gasteiger partial charge in [-0.1, -0.05) is 41.9 Å². The van der Waals surface area contributed by atoms with Crippen LogP contribution in [0.25, 0.3) is 0 Å². The molecule has 3 aromatic rings. The number of para-hydroxylation sites is 1. The van der Waals surface area contributed by atoms with Gasteiger partial charge in [-0.2, -0.15) is 0 Å². The highest BCUT2D eigenvalue weighted by Gasteiger charge is 2.07. The standard InChI is InChI=1S/C21H17ClN2O2S/c22-16-8-6-15(7-9-16)14-20(25)24-21(27)23-17-10-12-19(13-11-17)26-18-4-2-1-3-5-18/h1-13H,14H2,(H2,23,24,25,27). The van der Waals surface area contributed by atoms with Gasteiger partial charge < -0.3 is 15.4 Å². The quantitative estimate of drug-likeness (QED) is 0.583. The highest BCUT2D eigenvalue weighted by Crippen LogP contribution is 2.22. The maximum Gasteiger partial charge on any atom is 0.230 e. The van der Waals surface area contributed by atoms with Crippen molar-refractivity contribution in [1.29, 1.82) is 0 Å². The van der Waals surface area contributed by atoms with E-state index in [2.05, 4.69) is 10.6 Å². The van der Waals surface area contributed by atoms with Crippen molar-refractivity contribution in [3.8, 4) is 11.5 Å². The van der Waals surface area contributed by atoms with E-state index in [1.54, 1.807) is 12.1 Å². The van der Waals surface area contributed by atoms with E-state index in [1.807, 2.05) is 66.7 Å². The van der Waals surface area contributed by atoms with Crippen LogP contribution in [0.5, 0.6) is 11.5 Å². The molecule has 0 aliphatic carbocycles. The topological polar surface area (TPSA) is 50.4 Å². The summed E-state index contributed by atoms with van der Waals surface area (Å²) in [6.07, 6.45) is 0.225. The number of hydrogen-bond acceptors (Lipinski definition) is 3. The van der Waals surface area contributed by atoms with Gasteiger partial charge in [-0.25, -0.2) is 0 Å². The van der Waals surface area contributed by atoms with Gasteiger partial charge in [-0.3, -0.25) is 4.79 Å². The molecule has 1 amide bonds. The van der Waals surface area contributed by atoms with Gasteiger partial charge in [0, 0.05) is 10.7 Å². The van der Waals surface area contributed by atoms with Crippen molar-refractivity contribution in [2.45, 2.75) is 6.42 Å². The fourth-order valence-corrected chi connectivity index (χ4v) is 2.71. The molecule has 3 rings (SSSR count). The van der Waals surface area contributed by atoms with E-state index in [0.29, 0.717) is 10.8 Å². The summed E-state index contributed by atoms with van der Waals surface area (Å²) in [6, 6.07) is 24.0. The van der Waals surface area contributed by atoms with Gasteiger partial charge in [0.25, 0.3) is 0 Å². The number of amides is 1. The van der Waals surface area contributed by atoms with Gasteiger partial charge in [0.05, 0.1) is 6.42 Å². The number of thiocarbonyl (C=S) groups is 1. The zero-order valence-corrected chi connectivity index (χ0v) is 15.9. The first-order chi connectivity index (χ1) is 13.1. The van der Waals surface area contributed by atoms with Crippen LogP contribution in [0.3, 0.4) is 0 Å². The lowest BCUT2D eigenvalue weighted by Gasteiger charge is -2.11. The van der Waals surface area contributed by atoms with E-state index in [-0.39, 0.29) is 17.4 Å². The third-order valence-electron chi connectivity index (χ3n) is 3.62. The van der Waals surface area contributed by atoms with E-state index in [9.17, 15) is 4.79 Å². The van der Waals surface area contributed by atoms with E-state index in [1.165, 1.54) is 0 Å². The summed E-state index contributed by atoms with van der Waals surface area (Å²) < 4.78 is 5.74. The average molecular weight is 397 g/mol. The molecular weight excluding hydrogens is 380 g/mol. The van der Waals surface area contributed by atoms with Crippen LogP contribution in [0.15, 0.2) is 78.9 Å². The van der Waals surface area contributed by atoms with Gasteiger partial charge in [0.15, 0.2) is 5.11 Å². The Morgan fingerprint density at radius 3 is 2.19 bits per heavy atom. The SMILES string of the molecule is O=C(Cc1ccc(Cl)cc1)NC(=S)Nc1ccc(Oc2ccccc2)cc1. The monoisotopic (exact) mass is 396 g/mol. The molecule has 0 atom stereocenters. The van der Waals surface area contributed by atoms with Crippen LogP contribution in [-0.2, 0) is 11.2 Å². The molecule has 0 heterocycles. The smallest absolute Gasteiger partial charge is 0.230 e. The zero-order chi connectivity index (χ0) is 19.1. The Hall–Kier alpha value is -2.89. The highest BCUT2D eigenvalue weighted by molar-refractivity contribution is 7.80. The first-order valence-electron chi connectivity index (χ1n) is 8.27. The van der Waals surface area contributed by atoms with Gasteiger partial charge in [0.2, 0.25) is 5.91 Å². The Bertz CT molecular complexity index is 913. The minimum absolute atomic E-state index is 0.196. The van der Waals surface area contributed by atoms with Crippen molar-refractivity contribution < 1.29 is 9.53 Å². The fourth-order valence-electron chi connectivity index (χ4n) is 2.35. The molecule has 0 fully saturated rings. The predicted octanol–water partition coefficient (Wildman–Crippen LogP) is 5.19. The van der Waals surface area contributed by atoms with Crippen LogP contribution >= 0.6 is 23.8 Å². The van der Waals surface area contributed by atoms with Crippen LogP contribution in [-0.4, -0.2) is 11.0 Å². The molecule has 2 N–H and O–H groups in total.